The third-order valence-electron chi connectivity index (χ3n) is 4.24. The van der Waals surface area contributed by atoms with Gasteiger partial charge in [0.25, 0.3) is 0 Å². The summed E-state index contributed by atoms with van der Waals surface area (Å²) >= 11 is 0. The summed E-state index contributed by atoms with van der Waals surface area (Å²) in [5.74, 6) is 1.25. The van der Waals surface area contributed by atoms with Gasteiger partial charge in [-0.1, -0.05) is 77.6 Å². The van der Waals surface area contributed by atoms with Gasteiger partial charge in [0.05, 0.1) is 12.4 Å². The first-order chi connectivity index (χ1) is 9.83. The van der Waals surface area contributed by atoms with E-state index in [0.29, 0.717) is 6.04 Å². The maximum atomic E-state index is 4.51. The molecule has 0 saturated carbocycles. The van der Waals surface area contributed by atoms with E-state index in [0.717, 1.165) is 6.54 Å². The normalized spacial score (nSPS) is 18.1. The van der Waals surface area contributed by atoms with E-state index in [-0.39, 0.29) is 0 Å². The van der Waals surface area contributed by atoms with Crippen molar-refractivity contribution in [3.63, 3.8) is 0 Å². The number of unbranched alkanes of at least 4 members (excludes halogenated alkanes) is 11. The van der Waals surface area contributed by atoms with Gasteiger partial charge in [-0.25, -0.2) is 0 Å². The molecule has 118 valence electrons. The molecule has 0 amide bonds. The third kappa shape index (κ3) is 9.39. The maximum Gasteiger partial charge on any atom is 0.0966 e. The first kappa shape index (κ1) is 17.5. The molecule has 1 atom stereocenters. The maximum absolute atomic E-state index is 4.51. The molecule has 0 fully saturated rings. The van der Waals surface area contributed by atoms with Crippen LogP contribution < -0.4 is 5.32 Å². The zero-order valence-electron chi connectivity index (χ0n) is 13.9. The molecule has 0 radical (unpaired) electrons. The average Bonchev–Trinajstić information content (AvgIpc) is 2.86. The number of nitrogens with one attached hydrogen (secondary N) is 1. The van der Waals surface area contributed by atoms with Crippen molar-refractivity contribution < 1.29 is 0 Å². The molecule has 1 heterocycles. The van der Waals surface area contributed by atoms with Crippen molar-refractivity contribution in [1.29, 1.82) is 0 Å². The lowest BCUT2D eigenvalue weighted by Crippen LogP contribution is -2.26. The molecule has 1 unspecified atom stereocenters. The van der Waals surface area contributed by atoms with E-state index in [1.54, 1.807) is 0 Å². The zero-order valence-corrected chi connectivity index (χ0v) is 13.9. The van der Waals surface area contributed by atoms with Gasteiger partial charge in [-0.3, -0.25) is 4.99 Å². The SMILES string of the molecule is CCCCCCCCCCCCCCC1=NCC(C)N1. The standard InChI is InChI=1S/C18H36N2/c1-3-4-5-6-7-8-9-10-11-12-13-14-15-18-19-16-17(2)20-18/h17H,3-16H2,1-2H3,(H,19,20). The van der Waals surface area contributed by atoms with Gasteiger partial charge < -0.3 is 5.32 Å². The van der Waals surface area contributed by atoms with Gasteiger partial charge in [0.15, 0.2) is 0 Å². The van der Waals surface area contributed by atoms with Crippen molar-refractivity contribution in [3.8, 4) is 0 Å². The van der Waals surface area contributed by atoms with E-state index in [1.807, 2.05) is 0 Å². The Bertz CT molecular complexity index is 248. The van der Waals surface area contributed by atoms with Crippen LogP contribution in [-0.2, 0) is 0 Å². The van der Waals surface area contributed by atoms with Gasteiger partial charge in [-0.15, -0.1) is 0 Å². The van der Waals surface area contributed by atoms with Gasteiger partial charge in [0.2, 0.25) is 0 Å². The highest BCUT2D eigenvalue weighted by Crippen LogP contribution is 2.13. The largest absolute Gasteiger partial charge is 0.370 e. The summed E-state index contributed by atoms with van der Waals surface area (Å²) in [6.07, 6.45) is 18.2. The van der Waals surface area contributed by atoms with E-state index in [2.05, 4.69) is 24.2 Å². The number of nitrogens with zero attached hydrogens (tertiary/aromatic N) is 1. The van der Waals surface area contributed by atoms with Crippen LogP contribution in [0.15, 0.2) is 4.99 Å². The average molecular weight is 280 g/mol. The third-order valence-corrected chi connectivity index (χ3v) is 4.24. The van der Waals surface area contributed by atoms with E-state index >= 15 is 0 Å². The number of rotatable bonds is 13. The Morgan fingerprint density at radius 1 is 0.850 bits per heavy atom. The fourth-order valence-corrected chi connectivity index (χ4v) is 2.91. The summed E-state index contributed by atoms with van der Waals surface area (Å²) in [6.45, 7) is 5.47. The first-order valence-corrected chi connectivity index (χ1v) is 9.12. The van der Waals surface area contributed by atoms with Gasteiger partial charge in [-0.05, 0) is 13.3 Å². The molecule has 1 aliphatic heterocycles. The summed E-state index contributed by atoms with van der Waals surface area (Å²) in [7, 11) is 0. The number of hydrogen-bond donors (Lipinski definition) is 1. The Hall–Kier alpha value is -0.530. The molecule has 1 N–H and O–H groups in total. The minimum absolute atomic E-state index is 0.572. The van der Waals surface area contributed by atoms with Crippen LogP contribution in [0.1, 0.15) is 97.3 Å². The molecular formula is C18H36N2. The highest BCUT2D eigenvalue weighted by molar-refractivity contribution is 5.83. The molecule has 1 aliphatic rings. The lowest BCUT2D eigenvalue weighted by Gasteiger charge is -2.06. The van der Waals surface area contributed by atoms with Crippen LogP contribution in [-0.4, -0.2) is 18.4 Å². The second-order valence-corrected chi connectivity index (χ2v) is 6.47. The highest BCUT2D eigenvalue weighted by atomic mass is 15.1. The second kappa shape index (κ2) is 12.2. The summed E-state index contributed by atoms with van der Waals surface area (Å²) in [6, 6.07) is 0.572. The molecule has 2 heteroatoms. The second-order valence-electron chi connectivity index (χ2n) is 6.47. The highest BCUT2D eigenvalue weighted by Gasteiger charge is 2.10. The van der Waals surface area contributed by atoms with Gasteiger partial charge >= 0.3 is 0 Å². The molecule has 0 bridgehead atoms. The summed E-state index contributed by atoms with van der Waals surface area (Å²) in [5, 5.41) is 3.44. The quantitative estimate of drug-likeness (QED) is 0.445. The van der Waals surface area contributed by atoms with Crippen molar-refractivity contribution in [2.24, 2.45) is 4.99 Å². The molecule has 20 heavy (non-hydrogen) atoms. The topological polar surface area (TPSA) is 24.4 Å². The number of aliphatic imine (C=N–C) groups is 1. The summed E-state index contributed by atoms with van der Waals surface area (Å²) in [5.41, 5.74) is 0. The molecule has 0 spiro atoms. The van der Waals surface area contributed by atoms with Gasteiger partial charge in [0, 0.05) is 12.5 Å². The van der Waals surface area contributed by atoms with Crippen LogP contribution in [0.3, 0.4) is 0 Å². The van der Waals surface area contributed by atoms with Crippen molar-refractivity contribution in [2.75, 3.05) is 6.54 Å². The monoisotopic (exact) mass is 280 g/mol. The molecule has 0 saturated heterocycles. The predicted octanol–water partition coefficient (Wildman–Crippen LogP) is 5.47. The molecule has 0 aliphatic carbocycles. The number of hydrogen-bond acceptors (Lipinski definition) is 2. The van der Waals surface area contributed by atoms with Crippen molar-refractivity contribution in [3.05, 3.63) is 0 Å². The number of amidine groups is 1. The van der Waals surface area contributed by atoms with Crippen LogP contribution in [0, 0.1) is 0 Å². The molecular weight excluding hydrogens is 244 g/mol. The minimum Gasteiger partial charge on any atom is -0.370 e. The van der Waals surface area contributed by atoms with Crippen LogP contribution in [0.4, 0.5) is 0 Å². The Morgan fingerprint density at radius 3 is 1.80 bits per heavy atom. The lowest BCUT2D eigenvalue weighted by molar-refractivity contribution is 0.545. The first-order valence-electron chi connectivity index (χ1n) is 9.12. The minimum atomic E-state index is 0.572. The van der Waals surface area contributed by atoms with Crippen LogP contribution in [0.2, 0.25) is 0 Å². The Morgan fingerprint density at radius 2 is 1.35 bits per heavy atom. The Labute approximate surface area is 126 Å². The molecule has 0 aromatic heterocycles. The van der Waals surface area contributed by atoms with E-state index < -0.39 is 0 Å². The van der Waals surface area contributed by atoms with Gasteiger partial charge in [0.1, 0.15) is 0 Å². The summed E-state index contributed by atoms with van der Waals surface area (Å²) < 4.78 is 0. The molecule has 0 aromatic rings. The Kier molecular flexibility index (Phi) is 10.7. The molecule has 2 nitrogen and oxygen atoms in total. The lowest BCUT2D eigenvalue weighted by atomic mass is 10.0. The summed E-state index contributed by atoms with van der Waals surface area (Å²) in [4.78, 5) is 4.51. The van der Waals surface area contributed by atoms with E-state index in [9.17, 15) is 0 Å². The van der Waals surface area contributed by atoms with Crippen LogP contribution >= 0.6 is 0 Å². The van der Waals surface area contributed by atoms with Crippen molar-refractivity contribution >= 4 is 5.84 Å². The van der Waals surface area contributed by atoms with E-state index in [1.165, 1.54) is 89.3 Å². The molecule has 0 aromatic carbocycles. The Balaban J connectivity index is 1.72. The van der Waals surface area contributed by atoms with Crippen molar-refractivity contribution in [1.82, 2.24) is 5.32 Å². The zero-order chi connectivity index (χ0) is 14.5. The van der Waals surface area contributed by atoms with Crippen LogP contribution in [0.25, 0.3) is 0 Å². The van der Waals surface area contributed by atoms with Crippen molar-refractivity contribution in [2.45, 2.75) is 103 Å². The fraction of sp³-hybridized carbons (Fsp3) is 0.944. The molecule has 1 rings (SSSR count). The van der Waals surface area contributed by atoms with Crippen LogP contribution in [0.5, 0.6) is 0 Å². The fourth-order valence-electron chi connectivity index (χ4n) is 2.91. The smallest absolute Gasteiger partial charge is 0.0966 e. The van der Waals surface area contributed by atoms with E-state index in [4.69, 9.17) is 0 Å². The predicted molar refractivity (Wildman–Crippen MR) is 90.6 cm³/mol. The van der Waals surface area contributed by atoms with Gasteiger partial charge in [-0.2, -0.15) is 0 Å².